The second kappa shape index (κ2) is 4.51. The Morgan fingerprint density at radius 1 is 1.43 bits per heavy atom. The summed E-state index contributed by atoms with van der Waals surface area (Å²) < 4.78 is 12.6. The van der Waals surface area contributed by atoms with E-state index in [2.05, 4.69) is 0 Å². The summed E-state index contributed by atoms with van der Waals surface area (Å²) in [6.45, 7) is 0.396. The predicted octanol–water partition coefficient (Wildman–Crippen LogP) is 1.84. The quantitative estimate of drug-likeness (QED) is 0.703. The van der Waals surface area contributed by atoms with Crippen LogP contribution >= 0.6 is 11.8 Å². The van der Waals surface area contributed by atoms with Crippen LogP contribution in [0.25, 0.3) is 0 Å². The highest BCUT2D eigenvalue weighted by Crippen LogP contribution is 2.30. The lowest BCUT2D eigenvalue weighted by atomic mass is 10.2. The molecule has 0 bridgehead atoms. The molecule has 0 aliphatic carbocycles. The molecule has 2 aliphatic rings. The molecular weight excluding hydrogens is 201 g/mol. The van der Waals surface area contributed by atoms with E-state index in [0.717, 1.165) is 38.0 Å². The highest BCUT2D eigenvalue weighted by atomic mass is 32.2. The molecule has 1 amide bonds. The van der Waals surface area contributed by atoms with Crippen LogP contribution in [0.1, 0.15) is 25.7 Å². The number of nitrogens with zero attached hydrogens (tertiary/aromatic N) is 1. The van der Waals surface area contributed by atoms with E-state index in [4.69, 9.17) is 0 Å². The van der Waals surface area contributed by atoms with Gasteiger partial charge in [-0.2, -0.15) is 0 Å². The van der Waals surface area contributed by atoms with Gasteiger partial charge in [-0.25, -0.2) is 4.39 Å². The first kappa shape index (κ1) is 10.3. The number of hydrogen-bond acceptors (Lipinski definition) is 2. The van der Waals surface area contributed by atoms with Crippen molar-refractivity contribution in [2.24, 2.45) is 0 Å². The maximum Gasteiger partial charge on any atom is 0.236 e. The number of carbonyl (C=O) groups excluding carboxylic acids is 1. The van der Waals surface area contributed by atoms with Gasteiger partial charge in [-0.05, 0) is 31.4 Å². The third-order valence-corrected chi connectivity index (χ3v) is 4.41. The van der Waals surface area contributed by atoms with Crippen molar-refractivity contribution in [3.05, 3.63) is 0 Å². The van der Waals surface area contributed by atoms with Crippen LogP contribution in [-0.2, 0) is 4.79 Å². The first-order valence-corrected chi connectivity index (χ1v) is 6.36. The molecule has 2 heterocycles. The van der Waals surface area contributed by atoms with Gasteiger partial charge >= 0.3 is 0 Å². The normalized spacial score (nSPS) is 32.5. The molecule has 0 unspecified atom stereocenters. The lowest BCUT2D eigenvalue weighted by molar-refractivity contribution is -0.131. The molecule has 2 saturated heterocycles. The summed E-state index contributed by atoms with van der Waals surface area (Å²) in [7, 11) is 0. The van der Waals surface area contributed by atoms with Crippen molar-refractivity contribution in [1.82, 2.24) is 4.90 Å². The van der Waals surface area contributed by atoms with E-state index in [1.54, 1.807) is 16.7 Å². The number of hydrogen-bond donors (Lipinski definition) is 0. The van der Waals surface area contributed by atoms with Gasteiger partial charge in [0.15, 0.2) is 0 Å². The van der Waals surface area contributed by atoms with Gasteiger partial charge in [-0.3, -0.25) is 4.79 Å². The Hall–Kier alpha value is -0.250. The van der Waals surface area contributed by atoms with E-state index in [0.29, 0.717) is 0 Å². The predicted molar refractivity (Wildman–Crippen MR) is 56.2 cm³/mol. The van der Waals surface area contributed by atoms with Gasteiger partial charge in [-0.15, -0.1) is 11.8 Å². The van der Waals surface area contributed by atoms with Crippen molar-refractivity contribution in [1.29, 1.82) is 0 Å². The van der Waals surface area contributed by atoms with Gasteiger partial charge in [0.1, 0.15) is 6.67 Å². The summed E-state index contributed by atoms with van der Waals surface area (Å²) in [5.74, 6) is 1.28. The zero-order chi connectivity index (χ0) is 9.97. The largest absolute Gasteiger partial charge is 0.336 e. The van der Waals surface area contributed by atoms with Crippen molar-refractivity contribution < 1.29 is 9.18 Å². The van der Waals surface area contributed by atoms with E-state index in [-0.39, 0.29) is 23.9 Å². The van der Waals surface area contributed by atoms with Crippen LogP contribution in [0, 0.1) is 0 Å². The van der Waals surface area contributed by atoms with Crippen LogP contribution in [0.15, 0.2) is 0 Å². The molecule has 0 N–H and O–H groups in total. The Morgan fingerprint density at radius 3 is 2.93 bits per heavy atom. The summed E-state index contributed by atoms with van der Waals surface area (Å²) in [6.07, 6.45) is 3.94. The molecule has 2 aliphatic heterocycles. The minimum absolute atomic E-state index is 0.122. The number of halogens is 1. The van der Waals surface area contributed by atoms with Gasteiger partial charge in [0.2, 0.25) is 5.91 Å². The summed E-state index contributed by atoms with van der Waals surface area (Å²) in [5.41, 5.74) is 0. The van der Waals surface area contributed by atoms with Gasteiger partial charge in [0, 0.05) is 6.54 Å². The first-order chi connectivity index (χ1) is 6.83. The van der Waals surface area contributed by atoms with E-state index >= 15 is 0 Å². The highest BCUT2D eigenvalue weighted by molar-refractivity contribution is 8.00. The number of alkyl halides is 1. The second-order valence-corrected chi connectivity index (χ2v) is 5.29. The second-order valence-electron chi connectivity index (χ2n) is 3.98. The minimum atomic E-state index is -0.372. The summed E-state index contributed by atoms with van der Waals surface area (Å²) >= 11 is 1.74. The molecule has 2 nitrogen and oxygen atoms in total. The Labute approximate surface area is 88.2 Å². The Balaban J connectivity index is 1.95. The summed E-state index contributed by atoms with van der Waals surface area (Å²) in [6, 6.07) is -0.122. The fourth-order valence-electron chi connectivity index (χ4n) is 2.24. The van der Waals surface area contributed by atoms with Crippen molar-refractivity contribution in [3.63, 3.8) is 0 Å². The average molecular weight is 217 g/mol. The minimum Gasteiger partial charge on any atom is -0.336 e. The van der Waals surface area contributed by atoms with Crippen molar-refractivity contribution >= 4 is 17.7 Å². The van der Waals surface area contributed by atoms with Crippen LogP contribution in [0.4, 0.5) is 4.39 Å². The summed E-state index contributed by atoms with van der Waals surface area (Å²) in [5, 5.41) is 0.127. The number of likely N-dealkylation sites (tertiary alicyclic amines) is 1. The Bertz CT molecular complexity index is 218. The third kappa shape index (κ3) is 1.90. The summed E-state index contributed by atoms with van der Waals surface area (Å²) in [4.78, 5) is 13.7. The molecular formula is C10H16FNOS. The molecule has 80 valence electrons. The van der Waals surface area contributed by atoms with E-state index < -0.39 is 0 Å². The van der Waals surface area contributed by atoms with E-state index in [1.807, 2.05) is 0 Å². The molecule has 0 aromatic rings. The molecule has 0 radical (unpaired) electrons. The smallest absolute Gasteiger partial charge is 0.236 e. The Morgan fingerprint density at radius 2 is 2.29 bits per heavy atom. The zero-order valence-corrected chi connectivity index (χ0v) is 9.06. The molecule has 14 heavy (non-hydrogen) atoms. The van der Waals surface area contributed by atoms with Crippen LogP contribution in [0.5, 0.6) is 0 Å². The standard InChI is InChI=1S/C10H16FNOS/c11-7-8-3-1-5-12(8)10(13)9-4-2-6-14-9/h8-9H,1-7H2/t8-,9-/m1/s1. The lowest BCUT2D eigenvalue weighted by Gasteiger charge is -2.25. The van der Waals surface area contributed by atoms with Gasteiger partial charge < -0.3 is 4.90 Å². The van der Waals surface area contributed by atoms with E-state index in [9.17, 15) is 9.18 Å². The molecule has 0 aromatic carbocycles. The van der Waals surface area contributed by atoms with Crippen molar-refractivity contribution in [3.8, 4) is 0 Å². The maximum absolute atomic E-state index is 12.6. The van der Waals surface area contributed by atoms with E-state index in [1.165, 1.54) is 0 Å². The van der Waals surface area contributed by atoms with Crippen molar-refractivity contribution in [2.45, 2.75) is 37.0 Å². The SMILES string of the molecule is O=C([C@H]1CCCS1)N1CCC[C@@H]1CF. The average Bonchev–Trinajstić information content (AvgIpc) is 2.87. The molecule has 4 heteroatoms. The number of carbonyl (C=O) groups is 1. The monoisotopic (exact) mass is 217 g/mol. The van der Waals surface area contributed by atoms with Crippen molar-refractivity contribution in [2.75, 3.05) is 19.0 Å². The highest BCUT2D eigenvalue weighted by Gasteiger charge is 2.34. The first-order valence-electron chi connectivity index (χ1n) is 5.31. The van der Waals surface area contributed by atoms with Crippen LogP contribution < -0.4 is 0 Å². The zero-order valence-electron chi connectivity index (χ0n) is 8.25. The molecule has 2 fully saturated rings. The topological polar surface area (TPSA) is 20.3 Å². The fourth-order valence-corrected chi connectivity index (χ4v) is 3.47. The van der Waals surface area contributed by atoms with Gasteiger partial charge in [0.05, 0.1) is 11.3 Å². The lowest BCUT2D eigenvalue weighted by Crippen LogP contribution is -2.41. The molecule has 0 spiro atoms. The third-order valence-electron chi connectivity index (χ3n) is 3.04. The van der Waals surface area contributed by atoms with Gasteiger partial charge in [0.25, 0.3) is 0 Å². The number of amides is 1. The maximum atomic E-state index is 12.6. The Kier molecular flexibility index (Phi) is 3.31. The molecule has 0 aromatic heterocycles. The molecule has 0 saturated carbocycles. The van der Waals surface area contributed by atoms with Crippen LogP contribution in [0.2, 0.25) is 0 Å². The van der Waals surface area contributed by atoms with Gasteiger partial charge in [-0.1, -0.05) is 0 Å². The van der Waals surface area contributed by atoms with Crippen LogP contribution in [-0.4, -0.2) is 41.1 Å². The fraction of sp³-hybridized carbons (Fsp3) is 0.900. The van der Waals surface area contributed by atoms with Crippen LogP contribution in [0.3, 0.4) is 0 Å². The molecule has 2 atom stereocenters. The molecule has 2 rings (SSSR count). The number of thioether (sulfide) groups is 1. The number of rotatable bonds is 2.